The standard InChI is InChI=1S/C29H44N4/c1-18(23-16-33-26-21(23)12-19(14-32-26)27(2,3)4)10-11-29(8,9)20-13-22-24(30-15-20)17-31-25(22)28(5,6)7/h12-15,18,23,25,31H,10-11,16-17H2,1-9H3,(H,32,33). The molecule has 3 unspecified atom stereocenters. The van der Waals surface area contributed by atoms with Crippen LogP contribution in [0.5, 0.6) is 0 Å². The lowest BCUT2D eigenvalue weighted by Gasteiger charge is -2.31. The van der Waals surface area contributed by atoms with E-state index < -0.39 is 0 Å². The van der Waals surface area contributed by atoms with Gasteiger partial charge in [0.05, 0.1) is 5.69 Å². The lowest BCUT2D eigenvalue weighted by Crippen LogP contribution is -2.27. The van der Waals surface area contributed by atoms with Gasteiger partial charge in [-0.1, -0.05) is 68.4 Å². The van der Waals surface area contributed by atoms with Gasteiger partial charge in [-0.3, -0.25) is 4.98 Å². The van der Waals surface area contributed by atoms with E-state index in [4.69, 9.17) is 9.97 Å². The molecule has 0 radical (unpaired) electrons. The smallest absolute Gasteiger partial charge is 0.129 e. The van der Waals surface area contributed by atoms with Gasteiger partial charge >= 0.3 is 0 Å². The van der Waals surface area contributed by atoms with Crippen LogP contribution in [0.4, 0.5) is 5.82 Å². The SMILES string of the molecule is CC(CCC(C)(C)c1cnc2c(c1)C(C(C)(C)C)NC2)C1CNc2ncc(C(C)(C)C)cc21. The predicted molar refractivity (Wildman–Crippen MR) is 139 cm³/mol. The van der Waals surface area contributed by atoms with E-state index in [0.717, 1.165) is 25.3 Å². The van der Waals surface area contributed by atoms with Crippen LogP contribution in [-0.4, -0.2) is 16.5 Å². The van der Waals surface area contributed by atoms with Crippen molar-refractivity contribution in [3.63, 3.8) is 0 Å². The molecule has 4 heterocycles. The summed E-state index contributed by atoms with van der Waals surface area (Å²) in [5, 5.41) is 7.23. The van der Waals surface area contributed by atoms with Gasteiger partial charge in [0, 0.05) is 37.4 Å². The van der Waals surface area contributed by atoms with Crippen molar-refractivity contribution >= 4 is 5.82 Å². The number of pyridine rings is 2. The Hall–Kier alpha value is -1.94. The van der Waals surface area contributed by atoms with Crippen LogP contribution in [0.2, 0.25) is 0 Å². The fourth-order valence-corrected chi connectivity index (χ4v) is 5.44. The zero-order valence-corrected chi connectivity index (χ0v) is 22.3. The minimum absolute atomic E-state index is 0.0989. The molecule has 4 heteroatoms. The van der Waals surface area contributed by atoms with E-state index in [1.54, 1.807) is 0 Å². The Morgan fingerprint density at radius 1 is 0.939 bits per heavy atom. The molecule has 0 fully saturated rings. The number of fused-ring (bicyclic) bond motifs is 2. The molecule has 2 aromatic heterocycles. The van der Waals surface area contributed by atoms with E-state index in [9.17, 15) is 0 Å². The Morgan fingerprint density at radius 2 is 1.61 bits per heavy atom. The van der Waals surface area contributed by atoms with Crippen molar-refractivity contribution in [2.75, 3.05) is 11.9 Å². The average molecular weight is 449 g/mol. The normalized spacial score (nSPS) is 21.5. The number of nitrogens with one attached hydrogen (secondary N) is 2. The molecule has 2 N–H and O–H groups in total. The largest absolute Gasteiger partial charge is 0.369 e. The maximum Gasteiger partial charge on any atom is 0.129 e. The first-order valence-electron chi connectivity index (χ1n) is 12.7. The fraction of sp³-hybridized carbons (Fsp3) is 0.655. The molecule has 2 aromatic rings. The van der Waals surface area contributed by atoms with Gasteiger partial charge in [0.2, 0.25) is 0 Å². The predicted octanol–water partition coefficient (Wildman–Crippen LogP) is 6.87. The summed E-state index contributed by atoms with van der Waals surface area (Å²) in [6.07, 6.45) is 6.52. The summed E-state index contributed by atoms with van der Waals surface area (Å²) < 4.78 is 0. The summed E-state index contributed by atoms with van der Waals surface area (Å²) in [7, 11) is 0. The highest BCUT2D eigenvalue weighted by Crippen LogP contribution is 2.43. The second-order valence-electron chi connectivity index (χ2n) is 13.2. The van der Waals surface area contributed by atoms with E-state index >= 15 is 0 Å². The number of rotatable bonds is 5. The molecule has 2 aliphatic rings. The Labute approximate surface area is 201 Å². The lowest BCUT2D eigenvalue weighted by molar-refractivity contribution is 0.288. The molecule has 0 aromatic carbocycles. The zero-order chi connectivity index (χ0) is 24.2. The monoisotopic (exact) mass is 448 g/mol. The maximum absolute atomic E-state index is 4.88. The van der Waals surface area contributed by atoms with Crippen LogP contribution < -0.4 is 10.6 Å². The number of aromatic nitrogens is 2. The molecule has 0 saturated carbocycles. The van der Waals surface area contributed by atoms with Crippen LogP contribution in [-0.2, 0) is 17.4 Å². The summed E-state index contributed by atoms with van der Waals surface area (Å²) >= 11 is 0. The molecule has 3 atom stereocenters. The lowest BCUT2D eigenvalue weighted by atomic mass is 9.75. The number of hydrogen-bond donors (Lipinski definition) is 2. The van der Waals surface area contributed by atoms with Gasteiger partial charge in [-0.2, -0.15) is 0 Å². The van der Waals surface area contributed by atoms with Gasteiger partial charge in [0.1, 0.15) is 5.82 Å². The molecule has 0 aliphatic carbocycles. The molecule has 4 rings (SSSR count). The zero-order valence-electron chi connectivity index (χ0n) is 22.3. The molecular weight excluding hydrogens is 404 g/mol. The Balaban J connectivity index is 1.48. The highest BCUT2D eigenvalue weighted by atomic mass is 15.0. The van der Waals surface area contributed by atoms with E-state index in [1.807, 2.05) is 6.20 Å². The minimum Gasteiger partial charge on any atom is -0.369 e. The Bertz CT molecular complexity index is 1010. The molecule has 180 valence electrons. The van der Waals surface area contributed by atoms with Crippen molar-refractivity contribution in [1.82, 2.24) is 15.3 Å². The summed E-state index contributed by atoms with van der Waals surface area (Å²) in [5.74, 6) is 2.21. The van der Waals surface area contributed by atoms with Crippen molar-refractivity contribution in [1.29, 1.82) is 0 Å². The molecule has 0 bridgehead atoms. The number of hydrogen-bond acceptors (Lipinski definition) is 4. The van der Waals surface area contributed by atoms with E-state index in [0.29, 0.717) is 17.9 Å². The highest BCUT2D eigenvalue weighted by molar-refractivity contribution is 5.54. The van der Waals surface area contributed by atoms with Crippen LogP contribution in [0.15, 0.2) is 24.5 Å². The van der Waals surface area contributed by atoms with Crippen molar-refractivity contribution in [2.24, 2.45) is 11.3 Å². The first-order valence-corrected chi connectivity index (χ1v) is 12.7. The second kappa shape index (κ2) is 8.37. The molecule has 0 amide bonds. The molecule has 4 nitrogen and oxygen atoms in total. The minimum atomic E-state index is 0.0989. The highest BCUT2D eigenvalue weighted by Gasteiger charge is 2.35. The molecule has 2 aliphatic heterocycles. The first kappa shape index (κ1) is 24.2. The van der Waals surface area contributed by atoms with Gasteiger partial charge in [-0.05, 0) is 63.3 Å². The second-order valence-corrected chi connectivity index (χ2v) is 13.2. The third kappa shape index (κ3) is 4.82. The van der Waals surface area contributed by atoms with Gasteiger partial charge in [0.25, 0.3) is 0 Å². The van der Waals surface area contributed by atoms with Crippen LogP contribution in [0.25, 0.3) is 0 Å². The quantitative estimate of drug-likeness (QED) is 0.524. The summed E-state index contributed by atoms with van der Waals surface area (Å²) in [6, 6.07) is 5.22. The van der Waals surface area contributed by atoms with Crippen molar-refractivity contribution < 1.29 is 0 Å². The van der Waals surface area contributed by atoms with Crippen LogP contribution in [0.1, 0.15) is 115 Å². The van der Waals surface area contributed by atoms with Gasteiger partial charge in [-0.15, -0.1) is 0 Å². The Morgan fingerprint density at radius 3 is 2.27 bits per heavy atom. The molecule has 0 spiro atoms. The van der Waals surface area contributed by atoms with Crippen LogP contribution in [0, 0.1) is 11.3 Å². The summed E-state index contributed by atoms with van der Waals surface area (Å²) in [4.78, 5) is 9.62. The Kier molecular flexibility index (Phi) is 6.14. The molecule has 33 heavy (non-hydrogen) atoms. The fourth-order valence-electron chi connectivity index (χ4n) is 5.44. The summed E-state index contributed by atoms with van der Waals surface area (Å²) in [6.45, 7) is 22.8. The van der Waals surface area contributed by atoms with E-state index in [2.05, 4.69) is 91.3 Å². The first-order chi connectivity index (χ1) is 15.3. The average Bonchev–Trinajstić information content (AvgIpc) is 3.34. The molecular formula is C29H44N4. The van der Waals surface area contributed by atoms with E-state index in [-0.39, 0.29) is 16.2 Å². The third-order valence-corrected chi connectivity index (χ3v) is 8.02. The van der Waals surface area contributed by atoms with Gasteiger partial charge in [-0.25, -0.2) is 4.98 Å². The van der Waals surface area contributed by atoms with Crippen molar-refractivity contribution in [2.45, 2.75) is 104 Å². The number of nitrogens with zero attached hydrogens (tertiary/aromatic N) is 2. The topological polar surface area (TPSA) is 49.8 Å². The van der Waals surface area contributed by atoms with Gasteiger partial charge in [0.15, 0.2) is 0 Å². The summed E-state index contributed by atoms with van der Waals surface area (Å²) in [5.41, 5.74) is 7.14. The third-order valence-electron chi connectivity index (χ3n) is 8.02. The molecule has 0 saturated heterocycles. The van der Waals surface area contributed by atoms with Crippen molar-refractivity contribution in [3.05, 3.63) is 52.5 Å². The van der Waals surface area contributed by atoms with Crippen LogP contribution in [0.3, 0.4) is 0 Å². The number of anilines is 1. The van der Waals surface area contributed by atoms with E-state index in [1.165, 1.54) is 34.4 Å². The van der Waals surface area contributed by atoms with Crippen molar-refractivity contribution in [3.8, 4) is 0 Å². The van der Waals surface area contributed by atoms with Crippen LogP contribution >= 0.6 is 0 Å². The van der Waals surface area contributed by atoms with Gasteiger partial charge < -0.3 is 10.6 Å². The maximum atomic E-state index is 4.88.